The third-order valence-corrected chi connectivity index (χ3v) is 5.46. The number of hydrogen-bond acceptors (Lipinski definition) is 4. The lowest BCUT2D eigenvalue weighted by Crippen LogP contribution is -2.49. The van der Waals surface area contributed by atoms with Gasteiger partial charge in [-0.25, -0.2) is 0 Å². The molecule has 5 atom stereocenters. The zero-order chi connectivity index (χ0) is 15.5. The van der Waals surface area contributed by atoms with Gasteiger partial charge in [-0.3, -0.25) is 9.59 Å². The minimum atomic E-state index is -0.566. The molecule has 2 aliphatic heterocycles. The van der Waals surface area contributed by atoms with Crippen molar-refractivity contribution in [3.8, 4) is 0 Å². The molecule has 2 amide bonds. The number of nitrogens with one attached hydrogen (secondary N) is 3. The molecule has 2 saturated heterocycles. The topological polar surface area (TPSA) is 87.3 Å². The minimum absolute atomic E-state index is 0.00203. The van der Waals surface area contributed by atoms with E-state index in [0.717, 1.165) is 32.1 Å². The molecule has 2 heterocycles. The number of amides is 2. The van der Waals surface area contributed by atoms with Crippen LogP contribution in [0.5, 0.6) is 0 Å². The second kappa shape index (κ2) is 6.77. The average molecular weight is 307 g/mol. The molecular weight excluding hydrogens is 282 g/mol. The Labute approximate surface area is 130 Å². The molecule has 1 aliphatic carbocycles. The Kier molecular flexibility index (Phi) is 4.76. The van der Waals surface area contributed by atoms with Gasteiger partial charge in [-0.15, -0.1) is 0 Å². The third kappa shape index (κ3) is 3.16. The van der Waals surface area contributed by atoms with Crippen molar-refractivity contribution in [1.82, 2.24) is 16.0 Å². The van der Waals surface area contributed by atoms with Crippen molar-refractivity contribution in [2.75, 3.05) is 13.1 Å². The number of carbonyl (C=O) groups excluding carboxylic acids is 3. The molecule has 0 aromatic rings. The standard InChI is InChI=1S/C16H25N3O3/c20-9-12(7-10-4-2-6-17-15(10)21)19-16(22)14-13-5-1-3-11(13)8-18-14/h9-14,18H,1-8H2,(H,17,21)(H,19,22)/t10-,11?,12-,13?,14?/m0/s1. The normalized spacial score (nSPS) is 35.5. The maximum atomic E-state index is 12.4. The number of carbonyl (C=O) groups is 3. The second-order valence-electron chi connectivity index (χ2n) is 6.86. The fraction of sp³-hybridized carbons (Fsp3) is 0.812. The lowest BCUT2D eigenvalue weighted by Gasteiger charge is -2.25. The second-order valence-corrected chi connectivity index (χ2v) is 6.86. The van der Waals surface area contributed by atoms with Crippen LogP contribution in [-0.4, -0.2) is 43.3 Å². The van der Waals surface area contributed by atoms with E-state index >= 15 is 0 Å². The summed E-state index contributed by atoms with van der Waals surface area (Å²) in [6.07, 6.45) is 6.37. The van der Waals surface area contributed by atoms with E-state index in [4.69, 9.17) is 0 Å². The Morgan fingerprint density at radius 1 is 1.32 bits per heavy atom. The van der Waals surface area contributed by atoms with Crippen LogP contribution >= 0.6 is 0 Å². The summed E-state index contributed by atoms with van der Waals surface area (Å²) in [6, 6.07) is -0.737. The van der Waals surface area contributed by atoms with Crippen LogP contribution in [0.2, 0.25) is 0 Å². The Hall–Kier alpha value is -1.43. The highest BCUT2D eigenvalue weighted by molar-refractivity contribution is 5.85. The van der Waals surface area contributed by atoms with E-state index in [-0.39, 0.29) is 23.8 Å². The highest BCUT2D eigenvalue weighted by Gasteiger charge is 2.42. The zero-order valence-corrected chi connectivity index (χ0v) is 12.8. The van der Waals surface area contributed by atoms with E-state index in [9.17, 15) is 14.4 Å². The number of aldehydes is 1. The first-order valence-corrected chi connectivity index (χ1v) is 8.46. The number of fused-ring (bicyclic) bond motifs is 1. The summed E-state index contributed by atoms with van der Waals surface area (Å²) in [6.45, 7) is 1.61. The van der Waals surface area contributed by atoms with Crippen molar-refractivity contribution in [3.05, 3.63) is 0 Å². The van der Waals surface area contributed by atoms with E-state index in [2.05, 4.69) is 16.0 Å². The molecule has 22 heavy (non-hydrogen) atoms. The van der Waals surface area contributed by atoms with Crippen molar-refractivity contribution in [2.45, 2.75) is 50.6 Å². The first-order chi connectivity index (χ1) is 10.7. The van der Waals surface area contributed by atoms with Gasteiger partial charge in [-0.2, -0.15) is 0 Å². The van der Waals surface area contributed by atoms with Crippen LogP contribution in [0.3, 0.4) is 0 Å². The molecule has 3 rings (SSSR count). The quantitative estimate of drug-likeness (QED) is 0.623. The molecule has 3 unspecified atom stereocenters. The predicted molar refractivity (Wildman–Crippen MR) is 81.0 cm³/mol. The molecule has 0 radical (unpaired) electrons. The van der Waals surface area contributed by atoms with Crippen molar-refractivity contribution in [2.24, 2.45) is 17.8 Å². The van der Waals surface area contributed by atoms with Crippen LogP contribution in [0.25, 0.3) is 0 Å². The van der Waals surface area contributed by atoms with Crippen molar-refractivity contribution < 1.29 is 14.4 Å². The Bertz CT molecular complexity index is 454. The molecule has 3 aliphatic rings. The summed E-state index contributed by atoms with van der Waals surface area (Å²) in [5.41, 5.74) is 0. The van der Waals surface area contributed by atoms with Crippen molar-refractivity contribution in [1.29, 1.82) is 0 Å². The Balaban J connectivity index is 1.54. The van der Waals surface area contributed by atoms with Gasteiger partial charge in [0.1, 0.15) is 6.29 Å². The zero-order valence-electron chi connectivity index (χ0n) is 12.8. The molecule has 0 aromatic heterocycles. The third-order valence-electron chi connectivity index (χ3n) is 5.46. The van der Waals surface area contributed by atoms with Crippen molar-refractivity contribution >= 4 is 18.1 Å². The fourth-order valence-corrected chi connectivity index (χ4v) is 4.26. The predicted octanol–water partition coefficient (Wildman–Crippen LogP) is -0.0255. The number of hydrogen-bond donors (Lipinski definition) is 3. The smallest absolute Gasteiger partial charge is 0.238 e. The summed E-state index contributed by atoms with van der Waals surface area (Å²) in [5, 5.41) is 8.95. The molecule has 0 bridgehead atoms. The lowest BCUT2D eigenvalue weighted by atomic mass is 9.91. The molecular formula is C16H25N3O3. The van der Waals surface area contributed by atoms with Gasteiger partial charge >= 0.3 is 0 Å². The van der Waals surface area contributed by atoms with Crippen LogP contribution in [0.15, 0.2) is 0 Å². The summed E-state index contributed by atoms with van der Waals surface area (Å²) < 4.78 is 0. The molecule has 0 spiro atoms. The monoisotopic (exact) mass is 307 g/mol. The molecule has 3 fully saturated rings. The van der Waals surface area contributed by atoms with Crippen LogP contribution in [0, 0.1) is 17.8 Å². The van der Waals surface area contributed by atoms with Gasteiger partial charge in [0.2, 0.25) is 11.8 Å². The molecule has 3 N–H and O–H groups in total. The van der Waals surface area contributed by atoms with Gasteiger partial charge in [-0.05, 0) is 50.5 Å². The molecule has 0 aromatic carbocycles. The molecule has 1 saturated carbocycles. The van der Waals surface area contributed by atoms with Gasteiger partial charge in [0.05, 0.1) is 12.1 Å². The fourth-order valence-electron chi connectivity index (χ4n) is 4.26. The summed E-state index contributed by atoms with van der Waals surface area (Å²) in [5.74, 6) is 0.768. The summed E-state index contributed by atoms with van der Waals surface area (Å²) >= 11 is 0. The highest BCUT2D eigenvalue weighted by Crippen LogP contribution is 2.37. The van der Waals surface area contributed by atoms with Gasteiger partial charge < -0.3 is 20.7 Å². The van der Waals surface area contributed by atoms with E-state index in [0.29, 0.717) is 24.8 Å². The highest BCUT2D eigenvalue weighted by atomic mass is 16.2. The maximum Gasteiger partial charge on any atom is 0.238 e. The Morgan fingerprint density at radius 3 is 2.95 bits per heavy atom. The van der Waals surface area contributed by atoms with Crippen LogP contribution in [0.1, 0.15) is 38.5 Å². The summed E-state index contributed by atoms with van der Waals surface area (Å²) in [4.78, 5) is 35.5. The summed E-state index contributed by atoms with van der Waals surface area (Å²) in [7, 11) is 0. The molecule has 122 valence electrons. The number of rotatable bonds is 5. The van der Waals surface area contributed by atoms with Crippen LogP contribution in [0.4, 0.5) is 0 Å². The first kappa shape index (κ1) is 15.5. The molecule has 6 heteroatoms. The number of piperidine rings is 1. The maximum absolute atomic E-state index is 12.4. The SMILES string of the molecule is O=C[C@H](C[C@@H]1CCCNC1=O)NC(=O)C1NCC2CCCC21. The van der Waals surface area contributed by atoms with E-state index in [1.807, 2.05) is 0 Å². The largest absolute Gasteiger partial charge is 0.356 e. The van der Waals surface area contributed by atoms with Crippen molar-refractivity contribution in [3.63, 3.8) is 0 Å². The van der Waals surface area contributed by atoms with E-state index in [1.54, 1.807) is 0 Å². The average Bonchev–Trinajstić information content (AvgIpc) is 3.11. The Morgan fingerprint density at radius 2 is 2.18 bits per heavy atom. The van der Waals surface area contributed by atoms with Gasteiger partial charge in [0, 0.05) is 12.5 Å². The van der Waals surface area contributed by atoms with Gasteiger partial charge in [-0.1, -0.05) is 6.42 Å². The first-order valence-electron chi connectivity index (χ1n) is 8.46. The van der Waals surface area contributed by atoms with Gasteiger partial charge in [0.25, 0.3) is 0 Å². The van der Waals surface area contributed by atoms with E-state index in [1.165, 1.54) is 12.8 Å². The minimum Gasteiger partial charge on any atom is -0.356 e. The van der Waals surface area contributed by atoms with Crippen LogP contribution in [-0.2, 0) is 14.4 Å². The van der Waals surface area contributed by atoms with E-state index < -0.39 is 6.04 Å². The van der Waals surface area contributed by atoms with Gasteiger partial charge in [0.15, 0.2) is 0 Å². The molecule has 6 nitrogen and oxygen atoms in total. The lowest BCUT2D eigenvalue weighted by molar-refractivity contribution is -0.129. The van der Waals surface area contributed by atoms with Crippen LogP contribution < -0.4 is 16.0 Å².